The van der Waals surface area contributed by atoms with Gasteiger partial charge in [-0.05, 0) is 12.0 Å². The third kappa shape index (κ3) is 2.67. The molecule has 1 atom stereocenters. The molecule has 4 nitrogen and oxygen atoms in total. The number of hydrogen-bond donors (Lipinski definition) is 2. The van der Waals surface area contributed by atoms with Gasteiger partial charge in [0.25, 0.3) is 0 Å². The third-order valence-corrected chi connectivity index (χ3v) is 2.36. The van der Waals surface area contributed by atoms with Crippen molar-refractivity contribution in [1.29, 1.82) is 0 Å². The highest BCUT2D eigenvalue weighted by Gasteiger charge is 2.20. The third-order valence-electron chi connectivity index (χ3n) is 2.15. The van der Waals surface area contributed by atoms with E-state index in [1.807, 2.05) is 13.8 Å². The van der Waals surface area contributed by atoms with Crippen molar-refractivity contribution in [3.63, 3.8) is 0 Å². The van der Waals surface area contributed by atoms with Gasteiger partial charge in [0, 0.05) is 6.20 Å². The summed E-state index contributed by atoms with van der Waals surface area (Å²) in [4.78, 5) is 14.9. The molecule has 0 amide bonds. The van der Waals surface area contributed by atoms with Crippen molar-refractivity contribution < 1.29 is 9.90 Å². The van der Waals surface area contributed by atoms with Crippen LogP contribution in [0.15, 0.2) is 12.3 Å². The molecule has 0 aliphatic rings. The second-order valence-corrected chi connectivity index (χ2v) is 4.10. The highest BCUT2D eigenvalue weighted by molar-refractivity contribution is 6.30. The summed E-state index contributed by atoms with van der Waals surface area (Å²) in [5.41, 5.74) is 6.31. The molecule has 5 heteroatoms. The Morgan fingerprint density at radius 3 is 2.67 bits per heavy atom. The Balaban J connectivity index is 3.22. The van der Waals surface area contributed by atoms with Gasteiger partial charge in [-0.1, -0.05) is 25.4 Å². The van der Waals surface area contributed by atoms with E-state index in [1.54, 1.807) is 0 Å². The molecule has 82 valence electrons. The summed E-state index contributed by atoms with van der Waals surface area (Å²) in [5.74, 6) is -0.937. The SMILES string of the molecule is CC(C)C(N)c1ncc(Cl)cc1C(=O)O. The molecule has 1 unspecified atom stereocenters. The van der Waals surface area contributed by atoms with Crippen LogP contribution in [0.2, 0.25) is 5.02 Å². The summed E-state index contributed by atoms with van der Waals surface area (Å²) in [6.07, 6.45) is 1.41. The van der Waals surface area contributed by atoms with Gasteiger partial charge in [0.15, 0.2) is 0 Å². The summed E-state index contributed by atoms with van der Waals surface area (Å²) in [6.45, 7) is 3.82. The maximum absolute atomic E-state index is 10.9. The Morgan fingerprint density at radius 1 is 1.60 bits per heavy atom. The lowest BCUT2D eigenvalue weighted by Crippen LogP contribution is -2.21. The molecule has 1 heterocycles. The Morgan fingerprint density at radius 2 is 2.20 bits per heavy atom. The van der Waals surface area contributed by atoms with Crippen molar-refractivity contribution in [1.82, 2.24) is 4.98 Å². The highest BCUT2D eigenvalue weighted by Crippen LogP contribution is 2.22. The zero-order chi connectivity index (χ0) is 11.6. The molecule has 0 aromatic carbocycles. The topological polar surface area (TPSA) is 76.2 Å². The van der Waals surface area contributed by atoms with Gasteiger partial charge in [-0.15, -0.1) is 0 Å². The van der Waals surface area contributed by atoms with Crippen LogP contribution in [0.1, 0.15) is 35.9 Å². The van der Waals surface area contributed by atoms with Crippen LogP contribution in [0.3, 0.4) is 0 Å². The van der Waals surface area contributed by atoms with Crippen LogP contribution in [0.4, 0.5) is 0 Å². The molecular formula is C10H13ClN2O2. The molecule has 0 aliphatic carbocycles. The predicted octanol–water partition coefficient (Wildman–Crippen LogP) is 2.09. The lowest BCUT2D eigenvalue weighted by Gasteiger charge is -2.16. The van der Waals surface area contributed by atoms with E-state index < -0.39 is 12.0 Å². The van der Waals surface area contributed by atoms with Crippen molar-refractivity contribution in [3.8, 4) is 0 Å². The number of carbonyl (C=O) groups is 1. The van der Waals surface area contributed by atoms with Gasteiger partial charge in [0.2, 0.25) is 0 Å². The normalized spacial score (nSPS) is 12.9. The maximum Gasteiger partial charge on any atom is 0.337 e. The van der Waals surface area contributed by atoms with Crippen LogP contribution in [0.5, 0.6) is 0 Å². The van der Waals surface area contributed by atoms with E-state index in [4.69, 9.17) is 22.4 Å². The first-order valence-corrected chi connectivity index (χ1v) is 4.95. The summed E-state index contributed by atoms with van der Waals surface area (Å²) in [7, 11) is 0. The van der Waals surface area contributed by atoms with Crippen LogP contribution in [0.25, 0.3) is 0 Å². The van der Waals surface area contributed by atoms with Crippen molar-refractivity contribution in [2.45, 2.75) is 19.9 Å². The van der Waals surface area contributed by atoms with E-state index in [1.165, 1.54) is 12.3 Å². The van der Waals surface area contributed by atoms with E-state index in [0.29, 0.717) is 10.7 Å². The minimum Gasteiger partial charge on any atom is -0.478 e. The van der Waals surface area contributed by atoms with Crippen molar-refractivity contribution >= 4 is 17.6 Å². The number of halogens is 1. The lowest BCUT2D eigenvalue weighted by molar-refractivity contribution is 0.0694. The van der Waals surface area contributed by atoms with Gasteiger partial charge >= 0.3 is 5.97 Å². The second kappa shape index (κ2) is 4.59. The number of carboxylic acids is 1. The largest absolute Gasteiger partial charge is 0.478 e. The number of aromatic nitrogens is 1. The van der Waals surface area contributed by atoms with Gasteiger partial charge < -0.3 is 10.8 Å². The molecular weight excluding hydrogens is 216 g/mol. The average Bonchev–Trinajstić information content (AvgIpc) is 2.16. The van der Waals surface area contributed by atoms with Crippen LogP contribution in [-0.2, 0) is 0 Å². The molecule has 1 aromatic rings. The number of rotatable bonds is 3. The first kappa shape index (κ1) is 11.9. The molecule has 0 saturated carbocycles. The lowest BCUT2D eigenvalue weighted by atomic mass is 9.98. The van der Waals surface area contributed by atoms with Gasteiger partial charge in [0.05, 0.1) is 22.3 Å². The second-order valence-electron chi connectivity index (χ2n) is 3.66. The molecule has 3 N–H and O–H groups in total. The Kier molecular flexibility index (Phi) is 3.66. The van der Waals surface area contributed by atoms with Crippen LogP contribution < -0.4 is 5.73 Å². The number of hydrogen-bond acceptors (Lipinski definition) is 3. The molecule has 0 bridgehead atoms. The van der Waals surface area contributed by atoms with Crippen LogP contribution in [0, 0.1) is 5.92 Å². The first-order valence-electron chi connectivity index (χ1n) is 4.57. The maximum atomic E-state index is 10.9. The minimum absolute atomic E-state index is 0.0729. The average molecular weight is 229 g/mol. The Hall–Kier alpha value is -1.13. The van der Waals surface area contributed by atoms with Crippen molar-refractivity contribution in [3.05, 3.63) is 28.5 Å². The van der Waals surface area contributed by atoms with Crippen molar-refractivity contribution in [2.75, 3.05) is 0 Å². The van der Waals surface area contributed by atoms with Crippen LogP contribution >= 0.6 is 11.6 Å². The molecule has 0 fully saturated rings. The number of aromatic carboxylic acids is 1. The number of nitrogens with zero attached hydrogens (tertiary/aromatic N) is 1. The fourth-order valence-corrected chi connectivity index (χ4v) is 1.36. The van der Waals surface area contributed by atoms with Gasteiger partial charge in [0.1, 0.15) is 0 Å². The first-order chi connectivity index (χ1) is 6.93. The number of nitrogens with two attached hydrogens (primary N) is 1. The number of carboxylic acid groups (broad SMARTS) is 1. The molecule has 15 heavy (non-hydrogen) atoms. The quantitative estimate of drug-likeness (QED) is 0.831. The highest BCUT2D eigenvalue weighted by atomic mass is 35.5. The fraction of sp³-hybridized carbons (Fsp3) is 0.400. The van der Waals surface area contributed by atoms with E-state index in [9.17, 15) is 4.79 Å². The fourth-order valence-electron chi connectivity index (χ4n) is 1.20. The summed E-state index contributed by atoms with van der Waals surface area (Å²) >= 11 is 5.68. The van der Waals surface area contributed by atoms with E-state index in [-0.39, 0.29) is 11.5 Å². The standard InChI is InChI=1S/C10H13ClN2O2/c1-5(2)8(12)9-7(10(14)15)3-6(11)4-13-9/h3-5,8H,12H2,1-2H3,(H,14,15). The minimum atomic E-state index is -1.06. The number of pyridine rings is 1. The van der Waals surface area contributed by atoms with E-state index >= 15 is 0 Å². The summed E-state index contributed by atoms with van der Waals surface area (Å²) in [6, 6.07) is 0.974. The molecule has 0 spiro atoms. The monoisotopic (exact) mass is 228 g/mol. The van der Waals surface area contributed by atoms with E-state index in [2.05, 4.69) is 4.98 Å². The Bertz CT molecular complexity index is 380. The molecule has 0 saturated heterocycles. The smallest absolute Gasteiger partial charge is 0.337 e. The van der Waals surface area contributed by atoms with Crippen molar-refractivity contribution in [2.24, 2.45) is 11.7 Å². The molecule has 0 aliphatic heterocycles. The molecule has 1 aromatic heterocycles. The summed E-state index contributed by atoms with van der Waals surface area (Å²) in [5, 5.41) is 9.26. The zero-order valence-electron chi connectivity index (χ0n) is 8.57. The van der Waals surface area contributed by atoms with Gasteiger partial charge in [-0.3, -0.25) is 4.98 Å². The van der Waals surface area contributed by atoms with Crippen LogP contribution in [-0.4, -0.2) is 16.1 Å². The Labute approximate surface area is 93.1 Å². The molecule has 1 rings (SSSR count). The van der Waals surface area contributed by atoms with E-state index in [0.717, 1.165) is 0 Å². The molecule has 0 radical (unpaired) electrons. The van der Waals surface area contributed by atoms with Gasteiger partial charge in [-0.25, -0.2) is 4.79 Å². The zero-order valence-corrected chi connectivity index (χ0v) is 9.32. The summed E-state index contributed by atoms with van der Waals surface area (Å²) < 4.78 is 0. The van der Waals surface area contributed by atoms with Gasteiger partial charge in [-0.2, -0.15) is 0 Å². The predicted molar refractivity (Wildman–Crippen MR) is 58.0 cm³/mol.